The van der Waals surface area contributed by atoms with Crippen LogP contribution >= 0.6 is 0 Å². The maximum Gasteiger partial charge on any atom is 0.269 e. The summed E-state index contributed by atoms with van der Waals surface area (Å²) in [5, 5.41) is 13.5. The molecule has 1 fully saturated rings. The molecule has 154 valence electrons. The Bertz CT molecular complexity index is 961. The van der Waals surface area contributed by atoms with Crippen LogP contribution in [0.15, 0.2) is 59.5 Å². The minimum Gasteiger partial charge on any atom is -0.354 e. The summed E-state index contributed by atoms with van der Waals surface area (Å²) in [5.41, 5.74) is 0.870. The molecule has 3 rings (SSSR count). The zero-order valence-electron chi connectivity index (χ0n) is 15.9. The molecule has 1 N–H and O–H groups in total. The SMILES string of the molecule is O=C(NCCc1ccc([N+](=O)[O-])cc1)C1CCCCN1S(=O)(=O)c1ccccc1. The summed E-state index contributed by atoms with van der Waals surface area (Å²) in [4.78, 5) is 23.1. The largest absolute Gasteiger partial charge is 0.354 e. The van der Waals surface area contributed by atoms with Crippen molar-refractivity contribution in [1.82, 2.24) is 9.62 Å². The molecule has 1 atom stereocenters. The van der Waals surface area contributed by atoms with Crippen molar-refractivity contribution in [3.8, 4) is 0 Å². The van der Waals surface area contributed by atoms with Crippen LogP contribution in [-0.2, 0) is 21.2 Å². The Hall–Kier alpha value is -2.78. The number of piperidine rings is 1. The van der Waals surface area contributed by atoms with Gasteiger partial charge in [0.25, 0.3) is 5.69 Å². The highest BCUT2D eigenvalue weighted by atomic mass is 32.2. The van der Waals surface area contributed by atoms with Crippen LogP contribution in [0.5, 0.6) is 0 Å². The second-order valence-corrected chi connectivity index (χ2v) is 8.80. The lowest BCUT2D eigenvalue weighted by Gasteiger charge is -2.33. The van der Waals surface area contributed by atoms with Gasteiger partial charge in [-0.2, -0.15) is 4.31 Å². The van der Waals surface area contributed by atoms with Gasteiger partial charge < -0.3 is 5.32 Å². The van der Waals surface area contributed by atoms with Gasteiger partial charge in [0.05, 0.1) is 9.82 Å². The number of sulfonamides is 1. The van der Waals surface area contributed by atoms with Gasteiger partial charge in [-0.25, -0.2) is 8.42 Å². The van der Waals surface area contributed by atoms with Crippen molar-refractivity contribution in [1.29, 1.82) is 0 Å². The van der Waals surface area contributed by atoms with Gasteiger partial charge in [0.15, 0.2) is 0 Å². The molecule has 1 heterocycles. The quantitative estimate of drug-likeness (QED) is 0.550. The van der Waals surface area contributed by atoms with E-state index in [1.807, 2.05) is 0 Å². The summed E-state index contributed by atoms with van der Waals surface area (Å²) < 4.78 is 27.2. The number of nitro benzene ring substituents is 1. The Morgan fingerprint density at radius 1 is 1.10 bits per heavy atom. The number of nitro groups is 1. The van der Waals surface area contributed by atoms with Crippen molar-refractivity contribution in [2.24, 2.45) is 0 Å². The van der Waals surface area contributed by atoms with Crippen LogP contribution in [0.4, 0.5) is 5.69 Å². The summed E-state index contributed by atoms with van der Waals surface area (Å²) >= 11 is 0. The molecule has 29 heavy (non-hydrogen) atoms. The topological polar surface area (TPSA) is 110 Å². The number of nitrogens with one attached hydrogen (secondary N) is 1. The molecular formula is C20H23N3O5S. The van der Waals surface area contributed by atoms with Crippen molar-refractivity contribution in [3.05, 3.63) is 70.3 Å². The first-order chi connectivity index (χ1) is 13.9. The van der Waals surface area contributed by atoms with Crippen LogP contribution in [-0.4, -0.2) is 42.7 Å². The number of amides is 1. The zero-order valence-corrected chi connectivity index (χ0v) is 16.7. The molecule has 8 nitrogen and oxygen atoms in total. The van der Waals surface area contributed by atoms with Gasteiger partial charge in [-0.3, -0.25) is 14.9 Å². The first kappa shape index (κ1) is 20.9. The second kappa shape index (κ2) is 9.15. The molecule has 0 aliphatic carbocycles. The van der Waals surface area contributed by atoms with Crippen molar-refractivity contribution in [2.75, 3.05) is 13.1 Å². The van der Waals surface area contributed by atoms with Gasteiger partial charge in [-0.05, 0) is 37.0 Å². The van der Waals surface area contributed by atoms with Crippen LogP contribution < -0.4 is 5.32 Å². The molecule has 0 spiro atoms. The minimum atomic E-state index is -3.74. The number of nitrogens with zero attached hydrogens (tertiary/aromatic N) is 2. The summed E-state index contributed by atoms with van der Waals surface area (Å²) in [5.74, 6) is -0.314. The standard InChI is InChI=1S/C20H23N3O5S/c24-20(21-14-13-16-9-11-17(12-10-16)23(25)26)19-8-4-5-15-22(19)29(27,28)18-6-2-1-3-7-18/h1-3,6-7,9-12,19H,4-5,8,13-15H2,(H,21,24). The molecule has 0 aromatic heterocycles. The van der Waals surface area contributed by atoms with Crippen LogP contribution in [0.2, 0.25) is 0 Å². The number of carbonyl (C=O) groups is 1. The van der Waals surface area contributed by atoms with Crippen molar-refractivity contribution in [2.45, 2.75) is 36.6 Å². The lowest BCUT2D eigenvalue weighted by atomic mass is 10.0. The third kappa shape index (κ3) is 4.99. The summed E-state index contributed by atoms with van der Waals surface area (Å²) in [6.07, 6.45) is 2.50. The molecule has 0 bridgehead atoms. The lowest BCUT2D eigenvalue weighted by Crippen LogP contribution is -2.52. The molecule has 1 aliphatic heterocycles. The summed E-state index contributed by atoms with van der Waals surface area (Å²) in [6, 6.07) is 13.6. The third-order valence-electron chi connectivity index (χ3n) is 4.97. The van der Waals surface area contributed by atoms with E-state index < -0.39 is 21.0 Å². The van der Waals surface area contributed by atoms with E-state index in [0.29, 0.717) is 25.9 Å². The molecule has 1 aliphatic rings. The highest BCUT2D eigenvalue weighted by molar-refractivity contribution is 7.89. The number of non-ortho nitro benzene ring substituents is 1. The third-order valence-corrected chi connectivity index (χ3v) is 6.89. The molecule has 1 amide bonds. The normalized spacial score (nSPS) is 17.6. The summed E-state index contributed by atoms with van der Waals surface area (Å²) in [7, 11) is -3.74. The van der Waals surface area contributed by atoms with Gasteiger partial charge in [-0.15, -0.1) is 0 Å². The van der Waals surface area contributed by atoms with E-state index in [1.54, 1.807) is 30.3 Å². The minimum absolute atomic E-state index is 0.0155. The van der Waals surface area contributed by atoms with E-state index in [1.165, 1.54) is 28.6 Å². The highest BCUT2D eigenvalue weighted by Crippen LogP contribution is 2.25. The smallest absolute Gasteiger partial charge is 0.269 e. The summed E-state index contributed by atoms with van der Waals surface area (Å²) in [6.45, 7) is 0.643. The second-order valence-electron chi connectivity index (χ2n) is 6.90. The molecule has 1 unspecified atom stereocenters. The fourth-order valence-corrected chi connectivity index (χ4v) is 5.09. The Kier molecular flexibility index (Phi) is 6.60. The molecular weight excluding hydrogens is 394 g/mol. The van der Waals surface area contributed by atoms with Crippen molar-refractivity contribution < 1.29 is 18.1 Å². The highest BCUT2D eigenvalue weighted by Gasteiger charge is 2.37. The van der Waals surface area contributed by atoms with Gasteiger partial charge >= 0.3 is 0 Å². The average molecular weight is 417 g/mol. The monoisotopic (exact) mass is 417 g/mol. The van der Waals surface area contributed by atoms with Crippen LogP contribution in [0.25, 0.3) is 0 Å². The average Bonchev–Trinajstić information content (AvgIpc) is 2.74. The Morgan fingerprint density at radius 2 is 1.79 bits per heavy atom. The van der Waals surface area contributed by atoms with Crippen molar-refractivity contribution >= 4 is 21.6 Å². The fourth-order valence-electron chi connectivity index (χ4n) is 3.41. The van der Waals surface area contributed by atoms with Gasteiger partial charge in [0.1, 0.15) is 6.04 Å². The van der Waals surface area contributed by atoms with E-state index in [0.717, 1.165) is 18.4 Å². The Morgan fingerprint density at radius 3 is 2.45 bits per heavy atom. The number of hydrogen-bond acceptors (Lipinski definition) is 5. The van der Waals surface area contributed by atoms with Crippen LogP contribution in [0.1, 0.15) is 24.8 Å². The van der Waals surface area contributed by atoms with Crippen LogP contribution in [0.3, 0.4) is 0 Å². The number of rotatable bonds is 7. The molecule has 2 aromatic carbocycles. The lowest BCUT2D eigenvalue weighted by molar-refractivity contribution is -0.384. The predicted octanol–water partition coefficient (Wildman–Crippen LogP) is 2.50. The van der Waals surface area contributed by atoms with Gasteiger partial charge in [0, 0.05) is 25.2 Å². The van der Waals surface area contributed by atoms with Gasteiger partial charge in [0.2, 0.25) is 15.9 Å². The maximum atomic E-state index is 13.0. The molecule has 9 heteroatoms. The van der Waals surface area contributed by atoms with Gasteiger partial charge in [-0.1, -0.05) is 36.8 Å². The fraction of sp³-hybridized carbons (Fsp3) is 0.350. The Balaban J connectivity index is 1.63. The van der Waals surface area contributed by atoms with E-state index in [-0.39, 0.29) is 16.5 Å². The van der Waals surface area contributed by atoms with Crippen LogP contribution in [0, 0.1) is 10.1 Å². The number of benzene rings is 2. The molecule has 0 saturated carbocycles. The number of hydrogen-bond donors (Lipinski definition) is 1. The molecule has 2 aromatic rings. The Labute approximate surface area is 169 Å². The van der Waals surface area contributed by atoms with E-state index in [9.17, 15) is 23.3 Å². The number of carbonyl (C=O) groups excluding carboxylic acids is 1. The first-order valence-corrected chi connectivity index (χ1v) is 10.9. The van der Waals surface area contributed by atoms with Crippen molar-refractivity contribution in [3.63, 3.8) is 0 Å². The maximum absolute atomic E-state index is 13.0. The predicted molar refractivity (Wildman–Crippen MR) is 108 cm³/mol. The molecule has 1 saturated heterocycles. The van der Waals surface area contributed by atoms with E-state index in [2.05, 4.69) is 5.32 Å². The first-order valence-electron chi connectivity index (χ1n) is 9.47. The zero-order chi connectivity index (χ0) is 20.9. The molecule has 0 radical (unpaired) electrons. The van der Waals surface area contributed by atoms with E-state index >= 15 is 0 Å². The van der Waals surface area contributed by atoms with E-state index in [4.69, 9.17) is 0 Å².